The van der Waals surface area contributed by atoms with E-state index in [-0.39, 0.29) is 0 Å². The SMILES string of the molecule is CCC[CH2][Sn]([CH2]CCC)([CH2]CCC)[c]1ccc(Cl)cc1. The summed E-state index contributed by atoms with van der Waals surface area (Å²) in [6.07, 6.45) is 8.28. The standard InChI is InChI=1S/C6H4Cl.3C4H9.Sn/c7-6-4-2-1-3-5-6;3*1-3-4-2;/h2-5H;3*1,3-4H2,2H3;. The van der Waals surface area contributed by atoms with Gasteiger partial charge in [-0.15, -0.1) is 0 Å². The molecule has 0 amide bonds. The van der Waals surface area contributed by atoms with Crippen molar-refractivity contribution in [3.05, 3.63) is 29.3 Å². The van der Waals surface area contributed by atoms with Crippen LogP contribution >= 0.6 is 11.6 Å². The molecule has 0 aliphatic heterocycles. The van der Waals surface area contributed by atoms with Gasteiger partial charge in [-0.1, -0.05) is 0 Å². The number of rotatable bonds is 10. The van der Waals surface area contributed by atoms with E-state index in [9.17, 15) is 0 Å². The molecule has 2 heteroatoms. The Morgan fingerprint density at radius 3 is 1.50 bits per heavy atom. The van der Waals surface area contributed by atoms with Crippen LogP contribution < -0.4 is 3.58 Å². The van der Waals surface area contributed by atoms with Gasteiger partial charge >= 0.3 is 135 Å². The van der Waals surface area contributed by atoms with Gasteiger partial charge in [0.25, 0.3) is 0 Å². The second-order valence-corrected chi connectivity index (χ2v) is 19.8. The normalized spacial score (nSPS) is 11.8. The Morgan fingerprint density at radius 1 is 0.750 bits per heavy atom. The quantitative estimate of drug-likeness (QED) is 0.398. The summed E-state index contributed by atoms with van der Waals surface area (Å²) in [6, 6.07) is 8.96. The van der Waals surface area contributed by atoms with Crippen molar-refractivity contribution >= 4 is 33.6 Å². The summed E-state index contributed by atoms with van der Waals surface area (Å²) in [5.41, 5.74) is 0. The van der Waals surface area contributed by atoms with Crippen molar-refractivity contribution in [1.29, 1.82) is 0 Å². The molecule has 1 rings (SSSR count). The third-order valence-corrected chi connectivity index (χ3v) is 20.4. The van der Waals surface area contributed by atoms with E-state index < -0.39 is 18.4 Å². The zero-order valence-corrected chi connectivity index (χ0v) is 17.2. The van der Waals surface area contributed by atoms with Crippen molar-refractivity contribution in [3.63, 3.8) is 0 Å². The third-order valence-electron chi connectivity index (χ3n) is 4.48. The third kappa shape index (κ3) is 5.60. The van der Waals surface area contributed by atoms with Crippen molar-refractivity contribution < 1.29 is 0 Å². The van der Waals surface area contributed by atoms with Crippen molar-refractivity contribution in [2.45, 2.75) is 72.6 Å². The van der Waals surface area contributed by atoms with Crippen LogP contribution in [0.15, 0.2) is 24.3 Å². The van der Waals surface area contributed by atoms with Crippen LogP contribution in [0.2, 0.25) is 18.3 Å². The second-order valence-electron chi connectivity index (χ2n) is 6.10. The molecule has 0 atom stereocenters. The van der Waals surface area contributed by atoms with E-state index in [2.05, 4.69) is 45.0 Å². The minimum absolute atomic E-state index is 0.885. The molecule has 1 aromatic rings. The van der Waals surface area contributed by atoms with E-state index in [1.165, 1.54) is 51.8 Å². The predicted molar refractivity (Wildman–Crippen MR) is 96.0 cm³/mol. The fourth-order valence-electron chi connectivity index (χ4n) is 3.16. The maximum atomic E-state index is 6.10. The average molecular weight is 402 g/mol. The molecule has 0 radical (unpaired) electrons. The van der Waals surface area contributed by atoms with E-state index in [0.29, 0.717) is 0 Å². The van der Waals surface area contributed by atoms with Crippen LogP contribution in [-0.4, -0.2) is 18.4 Å². The zero-order valence-electron chi connectivity index (χ0n) is 13.6. The van der Waals surface area contributed by atoms with Gasteiger partial charge in [0.15, 0.2) is 0 Å². The van der Waals surface area contributed by atoms with E-state index in [1.54, 1.807) is 3.58 Å². The average Bonchev–Trinajstić information content (AvgIpc) is 2.48. The van der Waals surface area contributed by atoms with Crippen LogP contribution in [0.3, 0.4) is 0 Å². The van der Waals surface area contributed by atoms with Crippen molar-refractivity contribution in [3.8, 4) is 0 Å². The van der Waals surface area contributed by atoms with Crippen LogP contribution in [0.4, 0.5) is 0 Å². The summed E-state index contributed by atoms with van der Waals surface area (Å²) in [6.45, 7) is 6.99. The van der Waals surface area contributed by atoms with Gasteiger partial charge in [0, 0.05) is 0 Å². The van der Waals surface area contributed by atoms with E-state index >= 15 is 0 Å². The number of hydrogen-bond donors (Lipinski definition) is 0. The summed E-state index contributed by atoms with van der Waals surface area (Å²) in [5, 5.41) is 0.885. The van der Waals surface area contributed by atoms with Crippen molar-refractivity contribution in [2.24, 2.45) is 0 Å². The molecular weight excluding hydrogens is 370 g/mol. The molecule has 1 aromatic carbocycles. The Kier molecular flexibility index (Phi) is 9.28. The van der Waals surface area contributed by atoms with Gasteiger partial charge in [0.2, 0.25) is 0 Å². The molecule has 114 valence electrons. The zero-order chi connectivity index (χ0) is 14.8. The molecule has 20 heavy (non-hydrogen) atoms. The first-order valence-corrected chi connectivity index (χ1v) is 16.3. The molecule has 0 fully saturated rings. The number of benzene rings is 1. The van der Waals surface area contributed by atoms with Crippen molar-refractivity contribution in [2.75, 3.05) is 0 Å². The van der Waals surface area contributed by atoms with E-state index in [4.69, 9.17) is 11.6 Å². The van der Waals surface area contributed by atoms with E-state index in [0.717, 1.165) is 5.02 Å². The van der Waals surface area contributed by atoms with Gasteiger partial charge in [0.1, 0.15) is 0 Å². The molecular formula is C18H31ClSn. The van der Waals surface area contributed by atoms with E-state index in [1.807, 2.05) is 0 Å². The fraction of sp³-hybridized carbons (Fsp3) is 0.667. The monoisotopic (exact) mass is 402 g/mol. The second kappa shape index (κ2) is 10.1. The molecule has 0 aliphatic rings. The summed E-state index contributed by atoms with van der Waals surface area (Å²) >= 11 is 3.91. The Labute approximate surface area is 135 Å². The summed E-state index contributed by atoms with van der Waals surface area (Å²) < 4.78 is 6.32. The number of unbranched alkanes of at least 4 members (excludes halogenated alkanes) is 3. The van der Waals surface area contributed by atoms with Crippen molar-refractivity contribution in [1.82, 2.24) is 0 Å². The Hall–Kier alpha value is 0.309. The fourth-order valence-corrected chi connectivity index (χ4v) is 19.2. The Bertz CT molecular complexity index is 336. The van der Waals surface area contributed by atoms with Crippen LogP contribution in [-0.2, 0) is 0 Å². The molecule has 0 saturated heterocycles. The summed E-state index contributed by atoms with van der Waals surface area (Å²) in [4.78, 5) is 0. The first-order valence-electron chi connectivity index (χ1n) is 8.44. The first kappa shape index (κ1) is 18.4. The van der Waals surface area contributed by atoms with Crippen LogP contribution in [0.1, 0.15) is 59.3 Å². The number of hydrogen-bond acceptors (Lipinski definition) is 0. The summed E-state index contributed by atoms with van der Waals surface area (Å²) in [7, 11) is 0. The molecule has 0 nitrogen and oxygen atoms in total. The predicted octanol–water partition coefficient (Wildman–Crippen LogP) is 6.40. The molecule has 0 heterocycles. The van der Waals surface area contributed by atoms with Crippen LogP contribution in [0.5, 0.6) is 0 Å². The molecule has 0 aliphatic carbocycles. The van der Waals surface area contributed by atoms with Gasteiger partial charge in [0.05, 0.1) is 0 Å². The van der Waals surface area contributed by atoms with Crippen LogP contribution in [0, 0.1) is 0 Å². The molecule has 0 N–H and O–H groups in total. The van der Waals surface area contributed by atoms with Crippen LogP contribution in [0.25, 0.3) is 0 Å². The van der Waals surface area contributed by atoms with Gasteiger partial charge in [-0.25, -0.2) is 0 Å². The van der Waals surface area contributed by atoms with Gasteiger partial charge in [-0.2, -0.15) is 0 Å². The molecule has 0 unspecified atom stereocenters. The van der Waals surface area contributed by atoms with Gasteiger partial charge in [-0.05, 0) is 0 Å². The molecule has 0 bridgehead atoms. The first-order chi connectivity index (χ1) is 9.68. The van der Waals surface area contributed by atoms with Gasteiger partial charge in [-0.3, -0.25) is 0 Å². The molecule has 0 spiro atoms. The Balaban J connectivity index is 3.00. The number of halogens is 1. The summed E-state index contributed by atoms with van der Waals surface area (Å²) in [5.74, 6) is 0. The maximum absolute atomic E-state index is 6.10. The Morgan fingerprint density at radius 2 is 1.15 bits per heavy atom. The van der Waals surface area contributed by atoms with Gasteiger partial charge < -0.3 is 0 Å². The topological polar surface area (TPSA) is 0 Å². The minimum atomic E-state index is -2.19. The molecule has 0 saturated carbocycles. The molecule has 0 aromatic heterocycles.